The Morgan fingerprint density at radius 3 is 2.52 bits per heavy atom. The van der Waals surface area contributed by atoms with Gasteiger partial charge in [0.05, 0.1) is 12.7 Å². The molecule has 1 heterocycles. The van der Waals surface area contributed by atoms with Crippen LogP contribution in [0.4, 0.5) is 5.69 Å². The smallest absolute Gasteiger partial charge is 0.258 e. The lowest BCUT2D eigenvalue weighted by Crippen LogP contribution is -2.42. The number of aromatic hydroxyl groups is 1. The molecular weight excluding hydrogens is 340 g/mol. The second-order valence-electron chi connectivity index (χ2n) is 6.44. The van der Waals surface area contributed by atoms with E-state index in [0.717, 1.165) is 11.3 Å². The molecule has 0 spiro atoms. The summed E-state index contributed by atoms with van der Waals surface area (Å²) in [6.07, 6.45) is -0.487. The van der Waals surface area contributed by atoms with Crippen LogP contribution < -0.4 is 10.1 Å². The van der Waals surface area contributed by atoms with Crippen LogP contribution in [-0.2, 0) is 6.54 Å². The van der Waals surface area contributed by atoms with Crippen molar-refractivity contribution >= 4 is 11.6 Å². The first-order valence-electron chi connectivity index (χ1n) is 8.75. The topological polar surface area (TPSA) is 61.8 Å². The molecule has 0 aliphatic carbocycles. The van der Waals surface area contributed by atoms with Gasteiger partial charge in [-0.3, -0.25) is 4.79 Å². The van der Waals surface area contributed by atoms with Crippen LogP contribution in [0.1, 0.15) is 27.7 Å². The molecule has 0 saturated carbocycles. The van der Waals surface area contributed by atoms with Gasteiger partial charge in [-0.05, 0) is 29.8 Å². The van der Waals surface area contributed by atoms with Crippen molar-refractivity contribution < 1.29 is 14.6 Å². The molecule has 1 aliphatic heterocycles. The number of phenolic OH excluding ortho intramolecular Hbond substituents is 1. The highest BCUT2D eigenvalue weighted by atomic mass is 16.5. The van der Waals surface area contributed by atoms with Crippen LogP contribution in [0.15, 0.2) is 72.8 Å². The maximum absolute atomic E-state index is 13.2. The third-order valence-electron chi connectivity index (χ3n) is 4.75. The number of rotatable bonds is 4. The molecule has 3 aromatic carbocycles. The normalized spacial score (nSPS) is 15.8. The second-order valence-corrected chi connectivity index (χ2v) is 6.44. The molecule has 136 valence electrons. The summed E-state index contributed by atoms with van der Waals surface area (Å²) < 4.78 is 5.18. The fourth-order valence-corrected chi connectivity index (χ4v) is 3.36. The first-order valence-corrected chi connectivity index (χ1v) is 8.75. The number of nitrogens with one attached hydrogen (secondary N) is 1. The van der Waals surface area contributed by atoms with Crippen molar-refractivity contribution in [2.24, 2.45) is 0 Å². The number of phenols is 1. The fourth-order valence-electron chi connectivity index (χ4n) is 3.36. The summed E-state index contributed by atoms with van der Waals surface area (Å²) >= 11 is 0. The van der Waals surface area contributed by atoms with Gasteiger partial charge in [-0.1, -0.05) is 42.5 Å². The molecule has 27 heavy (non-hydrogen) atoms. The maximum Gasteiger partial charge on any atom is 0.258 e. The first kappa shape index (κ1) is 17.0. The minimum Gasteiger partial charge on any atom is -0.507 e. The van der Waals surface area contributed by atoms with E-state index < -0.39 is 6.17 Å². The number of carbonyl (C=O) groups is 1. The quantitative estimate of drug-likeness (QED) is 0.733. The summed E-state index contributed by atoms with van der Waals surface area (Å²) in [4.78, 5) is 15.0. The zero-order chi connectivity index (χ0) is 18.8. The second kappa shape index (κ2) is 7.03. The highest BCUT2D eigenvalue weighted by Crippen LogP contribution is 2.38. The Kier molecular flexibility index (Phi) is 4.42. The number of para-hydroxylation sites is 1. The average molecular weight is 360 g/mol. The molecular formula is C22H20N2O3. The van der Waals surface area contributed by atoms with Crippen molar-refractivity contribution in [3.63, 3.8) is 0 Å². The van der Waals surface area contributed by atoms with Crippen molar-refractivity contribution in [3.05, 3.63) is 89.5 Å². The minimum atomic E-state index is -0.487. The molecule has 0 saturated heterocycles. The predicted octanol–water partition coefficient (Wildman–Crippen LogP) is 4.17. The van der Waals surface area contributed by atoms with Gasteiger partial charge in [0.2, 0.25) is 0 Å². The Morgan fingerprint density at radius 1 is 1.04 bits per heavy atom. The van der Waals surface area contributed by atoms with E-state index in [0.29, 0.717) is 23.4 Å². The zero-order valence-electron chi connectivity index (χ0n) is 14.9. The van der Waals surface area contributed by atoms with E-state index >= 15 is 0 Å². The van der Waals surface area contributed by atoms with E-state index in [9.17, 15) is 9.90 Å². The highest BCUT2D eigenvalue weighted by molar-refractivity contribution is 6.01. The van der Waals surface area contributed by atoms with Gasteiger partial charge >= 0.3 is 0 Å². The minimum absolute atomic E-state index is 0.0755. The van der Waals surface area contributed by atoms with Gasteiger partial charge in [0.15, 0.2) is 0 Å². The maximum atomic E-state index is 13.2. The molecule has 1 amide bonds. The molecule has 1 unspecified atom stereocenters. The lowest BCUT2D eigenvalue weighted by Gasteiger charge is -2.38. The van der Waals surface area contributed by atoms with Crippen LogP contribution in [-0.4, -0.2) is 23.0 Å². The summed E-state index contributed by atoms with van der Waals surface area (Å²) in [5.74, 6) is 0.568. The van der Waals surface area contributed by atoms with Crippen LogP contribution >= 0.6 is 0 Å². The van der Waals surface area contributed by atoms with Gasteiger partial charge in [-0.15, -0.1) is 0 Å². The molecule has 2 N–H and O–H groups in total. The number of ether oxygens (including phenoxy) is 1. The van der Waals surface area contributed by atoms with E-state index in [4.69, 9.17) is 4.74 Å². The largest absolute Gasteiger partial charge is 0.507 e. The van der Waals surface area contributed by atoms with Gasteiger partial charge in [0.25, 0.3) is 5.91 Å². The molecule has 3 aromatic rings. The number of carbonyl (C=O) groups excluding carboxylic acids is 1. The van der Waals surface area contributed by atoms with Gasteiger partial charge < -0.3 is 20.1 Å². The van der Waals surface area contributed by atoms with Crippen LogP contribution in [0.25, 0.3) is 0 Å². The van der Waals surface area contributed by atoms with E-state index in [1.165, 1.54) is 0 Å². The molecule has 4 rings (SSSR count). The van der Waals surface area contributed by atoms with E-state index in [-0.39, 0.29) is 11.7 Å². The van der Waals surface area contributed by atoms with Gasteiger partial charge in [-0.25, -0.2) is 0 Å². The summed E-state index contributed by atoms with van der Waals surface area (Å²) in [5.41, 5.74) is 3.02. The summed E-state index contributed by atoms with van der Waals surface area (Å²) in [6, 6.07) is 22.4. The third kappa shape index (κ3) is 3.19. The van der Waals surface area contributed by atoms with Gasteiger partial charge in [0, 0.05) is 23.9 Å². The predicted molar refractivity (Wildman–Crippen MR) is 104 cm³/mol. The molecule has 5 heteroatoms. The van der Waals surface area contributed by atoms with Crippen molar-refractivity contribution in [1.29, 1.82) is 0 Å². The number of methoxy groups -OCH3 is 1. The van der Waals surface area contributed by atoms with Crippen LogP contribution in [0.5, 0.6) is 11.5 Å². The number of hydrogen-bond donors (Lipinski definition) is 2. The first-order chi connectivity index (χ1) is 13.2. The monoisotopic (exact) mass is 360 g/mol. The number of fused-ring (bicyclic) bond motifs is 1. The van der Waals surface area contributed by atoms with Gasteiger partial charge in [-0.2, -0.15) is 0 Å². The molecule has 0 bridgehead atoms. The summed E-state index contributed by atoms with van der Waals surface area (Å²) in [5, 5.41) is 13.9. The van der Waals surface area contributed by atoms with Crippen LogP contribution in [0, 0.1) is 0 Å². The Hall–Kier alpha value is -3.47. The standard InChI is InChI=1S/C22H20N2O3/c1-27-16-11-12-18(20(25)13-16)21-23-19-10-6-5-9-17(19)22(26)24(21)14-15-7-3-2-4-8-15/h2-13,21,23,25H,14H2,1H3. The van der Waals surface area contributed by atoms with E-state index in [1.54, 1.807) is 30.2 Å². The summed E-state index contributed by atoms with van der Waals surface area (Å²) in [6.45, 7) is 0.428. The molecule has 5 nitrogen and oxygen atoms in total. The molecule has 1 aliphatic rings. The lowest BCUT2D eigenvalue weighted by molar-refractivity contribution is 0.0665. The van der Waals surface area contributed by atoms with E-state index in [1.807, 2.05) is 54.6 Å². The van der Waals surface area contributed by atoms with Crippen molar-refractivity contribution in [3.8, 4) is 11.5 Å². The average Bonchev–Trinajstić information content (AvgIpc) is 2.71. The van der Waals surface area contributed by atoms with E-state index in [2.05, 4.69) is 5.32 Å². The molecule has 0 fully saturated rings. The number of amides is 1. The van der Waals surface area contributed by atoms with Crippen LogP contribution in [0.2, 0.25) is 0 Å². The third-order valence-corrected chi connectivity index (χ3v) is 4.75. The van der Waals surface area contributed by atoms with Crippen molar-refractivity contribution in [2.45, 2.75) is 12.7 Å². The zero-order valence-corrected chi connectivity index (χ0v) is 14.9. The Morgan fingerprint density at radius 2 is 1.78 bits per heavy atom. The number of anilines is 1. The number of benzene rings is 3. The van der Waals surface area contributed by atoms with Crippen LogP contribution in [0.3, 0.4) is 0 Å². The lowest BCUT2D eigenvalue weighted by atomic mass is 10.0. The molecule has 1 atom stereocenters. The molecule has 0 radical (unpaired) electrons. The number of nitrogens with zero attached hydrogens (tertiary/aromatic N) is 1. The van der Waals surface area contributed by atoms with Gasteiger partial charge in [0.1, 0.15) is 17.7 Å². The van der Waals surface area contributed by atoms with Crippen molar-refractivity contribution in [1.82, 2.24) is 4.90 Å². The number of hydrogen-bond acceptors (Lipinski definition) is 4. The Balaban J connectivity index is 1.78. The SMILES string of the molecule is COc1ccc(C2Nc3ccccc3C(=O)N2Cc2ccccc2)c(O)c1. The van der Waals surface area contributed by atoms with Crippen molar-refractivity contribution in [2.75, 3.05) is 12.4 Å². The summed E-state index contributed by atoms with van der Waals surface area (Å²) in [7, 11) is 1.55. The fraction of sp³-hybridized carbons (Fsp3) is 0.136. The molecule has 0 aromatic heterocycles. The highest BCUT2D eigenvalue weighted by Gasteiger charge is 2.34. The Bertz CT molecular complexity index is 972. The Labute approximate surface area is 157 Å².